The highest BCUT2D eigenvalue weighted by molar-refractivity contribution is 7.89. The van der Waals surface area contributed by atoms with Crippen LogP contribution in [0.3, 0.4) is 0 Å². The maximum Gasteiger partial charge on any atom is 0.243 e. The Morgan fingerprint density at radius 1 is 0.906 bits per heavy atom. The monoisotopic (exact) mass is 530 g/mol. The molecule has 0 aromatic heterocycles. The van der Waals surface area contributed by atoms with Crippen molar-refractivity contribution in [3.63, 3.8) is 0 Å². The number of amides is 1. The van der Waals surface area contributed by atoms with Crippen molar-refractivity contribution in [2.75, 3.05) is 11.9 Å². The number of nitrogens with one attached hydrogen (secondary N) is 1. The van der Waals surface area contributed by atoms with Crippen LogP contribution in [0.1, 0.15) is 11.1 Å². The van der Waals surface area contributed by atoms with E-state index in [-0.39, 0.29) is 22.2 Å². The van der Waals surface area contributed by atoms with Crippen LogP contribution in [0.15, 0.2) is 65.6 Å². The number of anilines is 1. The maximum atomic E-state index is 13.4. The van der Waals surface area contributed by atoms with E-state index in [1.165, 1.54) is 24.3 Å². The van der Waals surface area contributed by atoms with Gasteiger partial charge in [0.2, 0.25) is 15.9 Å². The molecule has 3 aromatic rings. The molecule has 1 amide bonds. The standard InChI is InChI=1S/C22H18Cl4N2O3S/c1-14-5-8-16(9-6-14)32(30,31)28(12-17-18(24)3-2-4-19(17)25)13-22(29)27-21-11-15(23)7-10-20(21)26/h2-11H,12-13H2,1H3,(H,27,29). The molecule has 168 valence electrons. The second-order valence-corrected chi connectivity index (χ2v) is 10.6. The number of nitrogens with zero attached hydrogens (tertiary/aromatic N) is 1. The lowest BCUT2D eigenvalue weighted by atomic mass is 10.2. The molecule has 0 saturated carbocycles. The second kappa shape index (κ2) is 10.4. The molecule has 0 fully saturated rings. The van der Waals surface area contributed by atoms with Gasteiger partial charge in [-0.15, -0.1) is 0 Å². The van der Waals surface area contributed by atoms with E-state index in [1.54, 1.807) is 36.4 Å². The maximum absolute atomic E-state index is 13.4. The van der Waals surface area contributed by atoms with Crippen LogP contribution in [0.5, 0.6) is 0 Å². The second-order valence-electron chi connectivity index (χ2n) is 6.96. The van der Waals surface area contributed by atoms with Crippen LogP contribution in [-0.4, -0.2) is 25.2 Å². The number of aryl methyl sites for hydroxylation is 1. The highest BCUT2D eigenvalue weighted by atomic mass is 35.5. The third kappa shape index (κ3) is 5.95. The molecule has 0 spiro atoms. The van der Waals surface area contributed by atoms with Gasteiger partial charge in [0.1, 0.15) is 0 Å². The first-order valence-electron chi connectivity index (χ1n) is 9.32. The first kappa shape index (κ1) is 24.8. The fraction of sp³-hybridized carbons (Fsp3) is 0.136. The van der Waals surface area contributed by atoms with Gasteiger partial charge < -0.3 is 5.32 Å². The SMILES string of the molecule is Cc1ccc(S(=O)(=O)N(CC(=O)Nc2cc(Cl)ccc2Cl)Cc2c(Cl)cccc2Cl)cc1. The summed E-state index contributed by atoms with van der Waals surface area (Å²) in [6.07, 6.45) is 0. The van der Waals surface area contributed by atoms with Gasteiger partial charge in [0.05, 0.1) is 22.2 Å². The number of hydrogen-bond donors (Lipinski definition) is 1. The van der Waals surface area contributed by atoms with Crippen molar-refractivity contribution < 1.29 is 13.2 Å². The summed E-state index contributed by atoms with van der Waals surface area (Å²) in [5.41, 5.74) is 1.56. The number of rotatable bonds is 7. The number of halogens is 4. The molecule has 0 saturated heterocycles. The number of benzene rings is 3. The van der Waals surface area contributed by atoms with Crippen molar-refractivity contribution >= 4 is 68.0 Å². The molecular formula is C22H18Cl4N2O3S. The smallest absolute Gasteiger partial charge is 0.243 e. The lowest BCUT2D eigenvalue weighted by Crippen LogP contribution is -2.37. The molecule has 0 aliphatic heterocycles. The van der Waals surface area contributed by atoms with Crippen molar-refractivity contribution in [2.45, 2.75) is 18.4 Å². The van der Waals surface area contributed by atoms with Crippen LogP contribution in [0.2, 0.25) is 20.1 Å². The molecule has 0 bridgehead atoms. The number of carbonyl (C=O) groups is 1. The minimum Gasteiger partial charge on any atom is -0.324 e. The third-order valence-corrected chi connectivity index (χ3v) is 7.66. The summed E-state index contributed by atoms with van der Waals surface area (Å²) in [7, 11) is -4.06. The van der Waals surface area contributed by atoms with E-state index in [4.69, 9.17) is 46.4 Å². The highest BCUT2D eigenvalue weighted by Gasteiger charge is 2.28. The Hall–Kier alpha value is -1.80. The fourth-order valence-corrected chi connectivity index (χ4v) is 5.11. The quantitative estimate of drug-likeness (QED) is 0.381. The van der Waals surface area contributed by atoms with E-state index >= 15 is 0 Å². The topological polar surface area (TPSA) is 66.5 Å². The summed E-state index contributed by atoms with van der Waals surface area (Å²) in [6, 6.07) is 15.8. The summed E-state index contributed by atoms with van der Waals surface area (Å²) >= 11 is 24.6. The first-order valence-corrected chi connectivity index (χ1v) is 12.3. The minimum absolute atomic E-state index is 0.0415. The van der Waals surface area contributed by atoms with Crippen molar-refractivity contribution in [1.29, 1.82) is 0 Å². The van der Waals surface area contributed by atoms with E-state index in [0.29, 0.717) is 20.6 Å². The van der Waals surface area contributed by atoms with E-state index in [0.717, 1.165) is 9.87 Å². The molecule has 32 heavy (non-hydrogen) atoms. The van der Waals surface area contributed by atoms with Gasteiger partial charge in [-0.25, -0.2) is 8.42 Å². The average Bonchev–Trinajstić information content (AvgIpc) is 2.73. The van der Waals surface area contributed by atoms with Crippen molar-refractivity contribution in [2.24, 2.45) is 0 Å². The molecule has 0 aliphatic carbocycles. The molecule has 3 aromatic carbocycles. The van der Waals surface area contributed by atoms with Gasteiger partial charge in [-0.1, -0.05) is 70.2 Å². The van der Waals surface area contributed by atoms with Gasteiger partial charge in [0, 0.05) is 27.2 Å². The van der Waals surface area contributed by atoms with Crippen molar-refractivity contribution in [3.05, 3.63) is 91.9 Å². The molecule has 1 N–H and O–H groups in total. The van der Waals surface area contributed by atoms with E-state index in [9.17, 15) is 13.2 Å². The molecule has 0 atom stereocenters. The Labute approximate surface area is 206 Å². The number of sulfonamides is 1. The van der Waals surface area contributed by atoms with Gasteiger partial charge in [-0.2, -0.15) is 4.31 Å². The van der Waals surface area contributed by atoms with Crippen LogP contribution in [0, 0.1) is 6.92 Å². The summed E-state index contributed by atoms with van der Waals surface area (Å²) in [6.45, 7) is 1.14. The van der Waals surface area contributed by atoms with Gasteiger partial charge in [0.15, 0.2) is 0 Å². The Balaban J connectivity index is 1.95. The van der Waals surface area contributed by atoms with E-state index in [1.807, 2.05) is 6.92 Å². The Bertz CT molecular complexity index is 1230. The molecular weight excluding hydrogens is 514 g/mol. The van der Waals surface area contributed by atoms with Crippen LogP contribution in [-0.2, 0) is 21.4 Å². The Morgan fingerprint density at radius 3 is 2.16 bits per heavy atom. The van der Waals surface area contributed by atoms with Crippen LogP contribution in [0.4, 0.5) is 5.69 Å². The largest absolute Gasteiger partial charge is 0.324 e. The van der Waals surface area contributed by atoms with Crippen molar-refractivity contribution in [1.82, 2.24) is 4.31 Å². The lowest BCUT2D eigenvalue weighted by Gasteiger charge is -2.23. The van der Waals surface area contributed by atoms with Crippen LogP contribution in [0.25, 0.3) is 0 Å². The zero-order valence-corrected chi connectivity index (χ0v) is 20.6. The predicted octanol–water partition coefficient (Wildman–Crippen LogP) is 6.44. The molecule has 10 heteroatoms. The normalized spacial score (nSPS) is 11.6. The average molecular weight is 532 g/mol. The molecule has 3 rings (SSSR count). The zero-order chi connectivity index (χ0) is 23.5. The number of hydrogen-bond acceptors (Lipinski definition) is 3. The highest BCUT2D eigenvalue weighted by Crippen LogP contribution is 2.29. The Morgan fingerprint density at radius 2 is 1.53 bits per heavy atom. The van der Waals surface area contributed by atoms with E-state index in [2.05, 4.69) is 5.32 Å². The van der Waals surface area contributed by atoms with Gasteiger partial charge in [-0.05, 0) is 49.4 Å². The molecule has 0 unspecified atom stereocenters. The van der Waals surface area contributed by atoms with Gasteiger partial charge >= 0.3 is 0 Å². The molecule has 0 aliphatic rings. The third-order valence-electron chi connectivity index (χ3n) is 4.58. The summed E-state index contributed by atoms with van der Waals surface area (Å²) < 4.78 is 27.8. The summed E-state index contributed by atoms with van der Waals surface area (Å²) in [4.78, 5) is 12.8. The van der Waals surface area contributed by atoms with Gasteiger partial charge in [0.25, 0.3) is 0 Å². The number of carbonyl (C=O) groups excluding carboxylic acids is 1. The van der Waals surface area contributed by atoms with Crippen molar-refractivity contribution in [3.8, 4) is 0 Å². The minimum atomic E-state index is -4.06. The lowest BCUT2D eigenvalue weighted by molar-refractivity contribution is -0.116. The molecule has 0 heterocycles. The predicted molar refractivity (Wildman–Crippen MR) is 130 cm³/mol. The molecule has 5 nitrogen and oxygen atoms in total. The first-order chi connectivity index (χ1) is 15.1. The molecule has 0 radical (unpaired) electrons. The summed E-state index contributed by atoms with van der Waals surface area (Å²) in [5, 5.41) is 3.83. The summed E-state index contributed by atoms with van der Waals surface area (Å²) in [5.74, 6) is -0.604. The zero-order valence-electron chi connectivity index (χ0n) is 16.8. The van der Waals surface area contributed by atoms with Gasteiger partial charge in [-0.3, -0.25) is 4.79 Å². The fourth-order valence-electron chi connectivity index (χ4n) is 2.89. The van der Waals surface area contributed by atoms with Crippen LogP contribution >= 0.6 is 46.4 Å². The Kier molecular flexibility index (Phi) is 8.09. The van der Waals surface area contributed by atoms with Crippen LogP contribution < -0.4 is 5.32 Å². The van der Waals surface area contributed by atoms with E-state index < -0.39 is 22.5 Å².